The second kappa shape index (κ2) is 5.60. The Kier molecular flexibility index (Phi) is 3.89. The van der Waals surface area contributed by atoms with Crippen LogP contribution in [-0.4, -0.2) is 44.7 Å². The predicted molar refractivity (Wildman–Crippen MR) is 70.5 cm³/mol. The highest BCUT2D eigenvalue weighted by molar-refractivity contribution is 5.58. The van der Waals surface area contributed by atoms with E-state index >= 15 is 0 Å². The summed E-state index contributed by atoms with van der Waals surface area (Å²) in [5, 5.41) is 0. The van der Waals surface area contributed by atoms with Crippen molar-refractivity contribution in [3.8, 4) is 18.1 Å². The highest BCUT2D eigenvalue weighted by Gasteiger charge is 2.18. The molecule has 1 aromatic carbocycles. The lowest BCUT2D eigenvalue weighted by Crippen LogP contribution is -2.46. The summed E-state index contributed by atoms with van der Waals surface area (Å²) in [7, 11) is 1.72. The van der Waals surface area contributed by atoms with Crippen molar-refractivity contribution in [3.63, 3.8) is 0 Å². The molecule has 0 spiro atoms. The largest absolute Gasteiger partial charge is 0.495 e. The molecule has 0 bridgehead atoms. The van der Waals surface area contributed by atoms with E-state index in [0.717, 1.165) is 38.5 Å². The molecule has 0 unspecified atom stereocenters. The molecule has 0 saturated carbocycles. The summed E-state index contributed by atoms with van der Waals surface area (Å²) < 4.78 is 5.39. The number of hydrogen-bond acceptors (Lipinski definition) is 3. The summed E-state index contributed by atoms with van der Waals surface area (Å²) in [6.45, 7) is 4.79. The van der Waals surface area contributed by atoms with Gasteiger partial charge in [0, 0.05) is 26.2 Å². The number of ether oxygens (including phenoxy) is 1. The Morgan fingerprint density at radius 2 is 1.94 bits per heavy atom. The topological polar surface area (TPSA) is 15.7 Å². The second-order valence-electron chi connectivity index (χ2n) is 4.14. The lowest BCUT2D eigenvalue weighted by atomic mass is 10.2. The van der Waals surface area contributed by atoms with Gasteiger partial charge in [-0.15, -0.1) is 6.42 Å². The van der Waals surface area contributed by atoms with Crippen LogP contribution in [0.3, 0.4) is 0 Å². The summed E-state index contributed by atoms with van der Waals surface area (Å²) in [5.74, 6) is 3.64. The van der Waals surface area contributed by atoms with Crippen LogP contribution in [0.25, 0.3) is 0 Å². The van der Waals surface area contributed by atoms with Gasteiger partial charge >= 0.3 is 0 Å². The van der Waals surface area contributed by atoms with Crippen molar-refractivity contribution in [1.29, 1.82) is 0 Å². The molecule has 17 heavy (non-hydrogen) atoms. The van der Waals surface area contributed by atoms with Crippen LogP contribution < -0.4 is 9.64 Å². The van der Waals surface area contributed by atoms with Crippen LogP contribution in [0, 0.1) is 12.3 Å². The molecule has 3 nitrogen and oxygen atoms in total. The van der Waals surface area contributed by atoms with Gasteiger partial charge in [0.1, 0.15) is 5.75 Å². The summed E-state index contributed by atoms with van der Waals surface area (Å²) in [4.78, 5) is 4.65. The molecule has 90 valence electrons. The van der Waals surface area contributed by atoms with E-state index in [1.807, 2.05) is 18.2 Å². The van der Waals surface area contributed by atoms with Crippen molar-refractivity contribution in [2.24, 2.45) is 0 Å². The number of anilines is 1. The molecule has 1 saturated heterocycles. The molecule has 0 amide bonds. The van der Waals surface area contributed by atoms with E-state index in [0.29, 0.717) is 0 Å². The quantitative estimate of drug-likeness (QED) is 0.731. The number of para-hydroxylation sites is 2. The maximum absolute atomic E-state index is 5.39. The number of methoxy groups -OCH3 is 1. The monoisotopic (exact) mass is 230 g/mol. The Hall–Kier alpha value is -1.66. The van der Waals surface area contributed by atoms with Crippen molar-refractivity contribution in [1.82, 2.24) is 4.90 Å². The first-order chi connectivity index (χ1) is 8.35. The van der Waals surface area contributed by atoms with Crippen LogP contribution in [0.1, 0.15) is 0 Å². The van der Waals surface area contributed by atoms with Crippen LogP contribution in [-0.2, 0) is 0 Å². The minimum absolute atomic E-state index is 0.750. The fourth-order valence-electron chi connectivity index (χ4n) is 2.17. The molecule has 1 fully saturated rings. The SMILES string of the molecule is C#CCN1CCN(c2ccccc2OC)CC1. The van der Waals surface area contributed by atoms with Crippen LogP contribution in [0.2, 0.25) is 0 Å². The lowest BCUT2D eigenvalue weighted by Gasteiger charge is -2.35. The fraction of sp³-hybridized carbons (Fsp3) is 0.429. The molecule has 0 aromatic heterocycles. The zero-order chi connectivity index (χ0) is 12.1. The van der Waals surface area contributed by atoms with Crippen molar-refractivity contribution < 1.29 is 4.74 Å². The first kappa shape index (κ1) is 11.8. The highest BCUT2D eigenvalue weighted by atomic mass is 16.5. The number of terminal acetylenes is 1. The number of benzene rings is 1. The molecular weight excluding hydrogens is 212 g/mol. The molecule has 1 aliphatic rings. The third kappa shape index (κ3) is 2.72. The molecule has 2 rings (SSSR count). The van der Waals surface area contributed by atoms with Gasteiger partial charge in [-0.25, -0.2) is 0 Å². The van der Waals surface area contributed by atoms with E-state index in [-0.39, 0.29) is 0 Å². The van der Waals surface area contributed by atoms with E-state index in [1.54, 1.807) is 7.11 Å². The van der Waals surface area contributed by atoms with Crippen molar-refractivity contribution in [2.75, 3.05) is 44.7 Å². The standard InChI is InChI=1S/C14H18N2O/c1-3-8-15-9-11-16(12-10-15)13-6-4-5-7-14(13)17-2/h1,4-7H,8-12H2,2H3. The minimum atomic E-state index is 0.750. The van der Waals surface area contributed by atoms with Gasteiger partial charge in [0.15, 0.2) is 0 Å². The van der Waals surface area contributed by atoms with Gasteiger partial charge in [-0.05, 0) is 12.1 Å². The van der Waals surface area contributed by atoms with E-state index in [2.05, 4.69) is 21.8 Å². The molecule has 0 radical (unpaired) electrons. The van der Waals surface area contributed by atoms with Gasteiger partial charge in [0.2, 0.25) is 0 Å². The summed E-state index contributed by atoms with van der Waals surface area (Å²) >= 11 is 0. The molecule has 1 heterocycles. The first-order valence-corrected chi connectivity index (χ1v) is 5.89. The van der Waals surface area contributed by atoms with Crippen LogP contribution in [0.15, 0.2) is 24.3 Å². The Labute approximate surface area is 103 Å². The van der Waals surface area contributed by atoms with Crippen molar-refractivity contribution in [3.05, 3.63) is 24.3 Å². The maximum atomic E-state index is 5.39. The van der Waals surface area contributed by atoms with E-state index in [1.165, 1.54) is 5.69 Å². The zero-order valence-electron chi connectivity index (χ0n) is 10.2. The Bertz CT molecular complexity index is 403. The van der Waals surface area contributed by atoms with Crippen molar-refractivity contribution >= 4 is 5.69 Å². The zero-order valence-corrected chi connectivity index (χ0v) is 10.2. The van der Waals surface area contributed by atoms with Gasteiger partial charge in [-0.2, -0.15) is 0 Å². The number of piperazine rings is 1. The Morgan fingerprint density at radius 1 is 1.24 bits per heavy atom. The third-order valence-corrected chi connectivity index (χ3v) is 3.11. The average Bonchev–Trinajstić information content (AvgIpc) is 2.40. The van der Waals surface area contributed by atoms with E-state index < -0.39 is 0 Å². The second-order valence-corrected chi connectivity index (χ2v) is 4.14. The average molecular weight is 230 g/mol. The maximum Gasteiger partial charge on any atom is 0.142 e. The third-order valence-electron chi connectivity index (χ3n) is 3.11. The Balaban J connectivity index is 2.03. The van der Waals surface area contributed by atoms with E-state index in [4.69, 9.17) is 11.2 Å². The smallest absolute Gasteiger partial charge is 0.142 e. The molecule has 1 aromatic rings. The normalized spacial score (nSPS) is 16.6. The van der Waals surface area contributed by atoms with Gasteiger partial charge in [0.25, 0.3) is 0 Å². The first-order valence-electron chi connectivity index (χ1n) is 5.89. The van der Waals surface area contributed by atoms with Crippen LogP contribution in [0.5, 0.6) is 5.75 Å². The van der Waals surface area contributed by atoms with E-state index in [9.17, 15) is 0 Å². The molecule has 0 atom stereocenters. The van der Waals surface area contributed by atoms with Crippen molar-refractivity contribution in [2.45, 2.75) is 0 Å². The molecule has 0 N–H and O–H groups in total. The number of nitrogens with zero attached hydrogens (tertiary/aromatic N) is 2. The summed E-state index contributed by atoms with van der Waals surface area (Å²) in [5.41, 5.74) is 1.18. The highest BCUT2D eigenvalue weighted by Crippen LogP contribution is 2.28. The molecule has 0 aliphatic carbocycles. The number of hydrogen-bond donors (Lipinski definition) is 0. The summed E-state index contributed by atoms with van der Waals surface area (Å²) in [6.07, 6.45) is 5.33. The molecule has 3 heteroatoms. The predicted octanol–water partition coefficient (Wildman–Crippen LogP) is 1.45. The number of rotatable bonds is 3. The minimum Gasteiger partial charge on any atom is -0.495 e. The van der Waals surface area contributed by atoms with Gasteiger partial charge in [0.05, 0.1) is 19.3 Å². The lowest BCUT2D eigenvalue weighted by molar-refractivity contribution is 0.287. The van der Waals surface area contributed by atoms with Gasteiger partial charge < -0.3 is 9.64 Å². The van der Waals surface area contributed by atoms with Gasteiger partial charge in [-0.3, -0.25) is 4.90 Å². The fourth-order valence-corrected chi connectivity index (χ4v) is 2.17. The van der Waals surface area contributed by atoms with Crippen LogP contribution >= 0.6 is 0 Å². The molecule has 1 aliphatic heterocycles. The Morgan fingerprint density at radius 3 is 2.59 bits per heavy atom. The summed E-state index contributed by atoms with van der Waals surface area (Å²) in [6, 6.07) is 8.15. The van der Waals surface area contributed by atoms with Gasteiger partial charge in [-0.1, -0.05) is 18.1 Å². The van der Waals surface area contributed by atoms with Crippen LogP contribution in [0.4, 0.5) is 5.69 Å². The molecular formula is C14H18N2O.